The molecule has 0 spiro atoms. The number of hydrogen-bond donors (Lipinski definition) is 0. The standard InChI is InChI=1S/C30H32O2/c1-17-18(2)25-14-22(17)13-23(25)16-27(31)32-30(3,4)26-15-21-9-5-7-19-11-12-20-8-6-10-24(26)29(20)28(19)21/h5-12,15,17-18,22-23,25H,13-14,16H2,1-4H3. The van der Waals surface area contributed by atoms with Crippen LogP contribution in [0.4, 0.5) is 0 Å². The quantitative estimate of drug-likeness (QED) is 0.248. The van der Waals surface area contributed by atoms with Gasteiger partial charge in [-0.3, -0.25) is 4.79 Å². The summed E-state index contributed by atoms with van der Waals surface area (Å²) in [5.74, 6) is 3.48. The Bertz CT molecular complexity index is 1330. The van der Waals surface area contributed by atoms with Crippen molar-refractivity contribution in [2.45, 2.75) is 52.6 Å². The summed E-state index contributed by atoms with van der Waals surface area (Å²) in [6, 6.07) is 19.6. The van der Waals surface area contributed by atoms with E-state index in [4.69, 9.17) is 4.74 Å². The van der Waals surface area contributed by atoms with Gasteiger partial charge in [-0.2, -0.15) is 0 Å². The summed E-state index contributed by atoms with van der Waals surface area (Å²) in [5.41, 5.74) is 0.412. The molecule has 32 heavy (non-hydrogen) atoms. The van der Waals surface area contributed by atoms with Crippen molar-refractivity contribution >= 4 is 38.3 Å². The zero-order chi connectivity index (χ0) is 22.2. The third-order valence-corrected chi connectivity index (χ3v) is 8.99. The second kappa shape index (κ2) is 6.94. The highest BCUT2D eigenvalue weighted by atomic mass is 16.6. The van der Waals surface area contributed by atoms with Crippen LogP contribution < -0.4 is 0 Å². The van der Waals surface area contributed by atoms with Crippen LogP contribution in [0.5, 0.6) is 0 Å². The van der Waals surface area contributed by atoms with Gasteiger partial charge in [0.2, 0.25) is 0 Å². The molecule has 0 saturated heterocycles. The molecule has 0 aliphatic heterocycles. The molecule has 2 heteroatoms. The Hall–Kier alpha value is -2.61. The smallest absolute Gasteiger partial charge is 0.306 e. The molecule has 2 aliphatic carbocycles. The number of fused-ring (bicyclic) bond motifs is 2. The Labute approximate surface area is 190 Å². The maximum atomic E-state index is 13.2. The number of carbonyl (C=O) groups excluding carboxylic acids is 1. The van der Waals surface area contributed by atoms with Gasteiger partial charge in [0, 0.05) is 12.0 Å². The molecule has 2 aliphatic rings. The molecule has 4 aromatic rings. The molecule has 4 aromatic carbocycles. The van der Waals surface area contributed by atoms with Crippen LogP contribution in [0.25, 0.3) is 32.3 Å². The van der Waals surface area contributed by atoms with E-state index in [9.17, 15) is 4.79 Å². The maximum Gasteiger partial charge on any atom is 0.306 e. The van der Waals surface area contributed by atoms with Crippen LogP contribution in [-0.4, -0.2) is 5.97 Å². The molecular weight excluding hydrogens is 392 g/mol. The summed E-state index contributed by atoms with van der Waals surface area (Å²) < 4.78 is 6.24. The topological polar surface area (TPSA) is 26.3 Å². The minimum Gasteiger partial charge on any atom is -0.455 e. The number of hydrogen-bond acceptors (Lipinski definition) is 2. The summed E-state index contributed by atoms with van der Waals surface area (Å²) in [5, 5.41) is 7.47. The van der Waals surface area contributed by atoms with E-state index in [0.717, 1.165) is 23.3 Å². The normalized spacial score (nSPS) is 27.7. The third kappa shape index (κ3) is 2.88. The largest absolute Gasteiger partial charge is 0.455 e. The molecule has 2 nitrogen and oxygen atoms in total. The molecule has 5 atom stereocenters. The van der Waals surface area contributed by atoms with Crippen LogP contribution in [0.1, 0.15) is 52.5 Å². The van der Waals surface area contributed by atoms with Gasteiger partial charge in [0.1, 0.15) is 5.60 Å². The van der Waals surface area contributed by atoms with Crippen LogP contribution in [0.3, 0.4) is 0 Å². The molecular formula is C30H32O2. The van der Waals surface area contributed by atoms with Crippen molar-refractivity contribution in [2.75, 3.05) is 0 Å². The second-order valence-corrected chi connectivity index (χ2v) is 11.0. The molecule has 2 bridgehead atoms. The van der Waals surface area contributed by atoms with Gasteiger partial charge in [-0.25, -0.2) is 0 Å². The first-order chi connectivity index (χ1) is 15.3. The second-order valence-electron chi connectivity index (χ2n) is 11.0. The van der Waals surface area contributed by atoms with Crippen LogP contribution in [0.2, 0.25) is 0 Å². The van der Waals surface area contributed by atoms with E-state index in [2.05, 4.69) is 82.3 Å². The highest BCUT2D eigenvalue weighted by Gasteiger charge is 2.49. The van der Waals surface area contributed by atoms with Gasteiger partial charge in [-0.05, 0) is 94.7 Å². The van der Waals surface area contributed by atoms with Gasteiger partial charge in [-0.15, -0.1) is 0 Å². The van der Waals surface area contributed by atoms with Crippen LogP contribution in [0.15, 0.2) is 54.6 Å². The maximum absolute atomic E-state index is 13.2. The Morgan fingerprint density at radius 2 is 1.59 bits per heavy atom. The predicted octanol–water partition coefficient (Wildman–Crippen LogP) is 7.68. The first-order valence-corrected chi connectivity index (χ1v) is 12.2. The minimum atomic E-state index is -0.683. The van der Waals surface area contributed by atoms with Gasteiger partial charge in [0.25, 0.3) is 0 Å². The fourth-order valence-corrected chi connectivity index (χ4v) is 7.18. The van der Waals surface area contributed by atoms with Gasteiger partial charge in [-0.1, -0.05) is 62.4 Å². The van der Waals surface area contributed by atoms with E-state index in [1.165, 1.54) is 45.2 Å². The van der Waals surface area contributed by atoms with E-state index in [0.29, 0.717) is 18.3 Å². The Morgan fingerprint density at radius 1 is 0.906 bits per heavy atom. The van der Waals surface area contributed by atoms with Crippen LogP contribution in [-0.2, 0) is 15.1 Å². The lowest BCUT2D eigenvalue weighted by atomic mass is 9.74. The van der Waals surface area contributed by atoms with Crippen LogP contribution in [0, 0.1) is 29.6 Å². The van der Waals surface area contributed by atoms with E-state index in [-0.39, 0.29) is 5.97 Å². The molecule has 164 valence electrons. The molecule has 5 unspecified atom stereocenters. The molecule has 0 heterocycles. The van der Waals surface area contributed by atoms with E-state index < -0.39 is 5.60 Å². The molecule has 2 fully saturated rings. The zero-order valence-corrected chi connectivity index (χ0v) is 19.5. The summed E-state index contributed by atoms with van der Waals surface area (Å²) in [7, 11) is 0. The Morgan fingerprint density at radius 3 is 2.31 bits per heavy atom. The number of esters is 1. The number of rotatable bonds is 4. The number of carbonyl (C=O) groups is 1. The first kappa shape index (κ1) is 20.0. The lowest BCUT2D eigenvalue weighted by Gasteiger charge is -2.33. The molecule has 0 aromatic heterocycles. The van der Waals surface area contributed by atoms with Crippen molar-refractivity contribution in [1.29, 1.82) is 0 Å². The fourth-order valence-electron chi connectivity index (χ4n) is 7.18. The van der Waals surface area contributed by atoms with Gasteiger partial charge < -0.3 is 4.74 Å². The zero-order valence-electron chi connectivity index (χ0n) is 19.5. The molecule has 2 saturated carbocycles. The molecule has 0 amide bonds. The Kier molecular flexibility index (Phi) is 4.35. The van der Waals surface area contributed by atoms with Gasteiger partial charge in [0.05, 0.1) is 0 Å². The molecule has 0 N–H and O–H groups in total. The van der Waals surface area contributed by atoms with Crippen molar-refractivity contribution in [2.24, 2.45) is 29.6 Å². The lowest BCUT2D eigenvalue weighted by molar-refractivity contribution is -0.159. The third-order valence-electron chi connectivity index (χ3n) is 8.99. The predicted molar refractivity (Wildman–Crippen MR) is 132 cm³/mol. The summed E-state index contributed by atoms with van der Waals surface area (Å²) >= 11 is 0. The average molecular weight is 425 g/mol. The van der Waals surface area contributed by atoms with Crippen LogP contribution >= 0.6 is 0 Å². The van der Waals surface area contributed by atoms with Crippen molar-refractivity contribution in [3.63, 3.8) is 0 Å². The first-order valence-electron chi connectivity index (χ1n) is 12.2. The van der Waals surface area contributed by atoms with Crippen molar-refractivity contribution < 1.29 is 9.53 Å². The van der Waals surface area contributed by atoms with E-state index in [1.807, 2.05) is 0 Å². The average Bonchev–Trinajstić information content (AvgIpc) is 3.30. The monoisotopic (exact) mass is 424 g/mol. The molecule has 0 radical (unpaired) electrons. The summed E-state index contributed by atoms with van der Waals surface area (Å²) in [6.45, 7) is 8.87. The summed E-state index contributed by atoms with van der Waals surface area (Å²) in [4.78, 5) is 13.2. The van der Waals surface area contributed by atoms with Gasteiger partial charge >= 0.3 is 5.97 Å². The minimum absolute atomic E-state index is 0.0439. The van der Waals surface area contributed by atoms with E-state index >= 15 is 0 Å². The molecule has 6 rings (SSSR count). The summed E-state index contributed by atoms with van der Waals surface area (Å²) in [6.07, 6.45) is 3.06. The van der Waals surface area contributed by atoms with Gasteiger partial charge in [0.15, 0.2) is 0 Å². The van der Waals surface area contributed by atoms with E-state index in [1.54, 1.807) is 0 Å². The van der Waals surface area contributed by atoms with Crippen molar-refractivity contribution in [1.82, 2.24) is 0 Å². The SMILES string of the molecule is CC1C2CC(CC(=O)OC(C)(C)c3cc4cccc5ccc6cccc3c6c54)C(C2)C1C. The fraction of sp³-hybridized carbons (Fsp3) is 0.433. The Balaban J connectivity index is 1.35. The van der Waals surface area contributed by atoms with Crippen molar-refractivity contribution in [3.8, 4) is 0 Å². The lowest BCUT2D eigenvalue weighted by Crippen LogP contribution is -2.30. The number of benzene rings is 4. The highest BCUT2D eigenvalue weighted by Crippen LogP contribution is 2.56. The number of ether oxygens (including phenoxy) is 1. The van der Waals surface area contributed by atoms with Crippen molar-refractivity contribution in [3.05, 3.63) is 60.2 Å². The highest BCUT2D eigenvalue weighted by molar-refractivity contribution is 6.23.